The van der Waals surface area contributed by atoms with Crippen LogP contribution in [0.2, 0.25) is 0 Å². The van der Waals surface area contributed by atoms with Crippen molar-refractivity contribution < 1.29 is 22.4 Å². The molecule has 3 rings (SSSR count). The second-order valence-electron chi connectivity index (χ2n) is 5.06. The standard InChI is InChI=1S/C15H7Br2F4N3OS/c16-8-1-11(26-14(8)17)15(25)23-6-3-22-24(4-6)5-7-9(18)2-10(19)13(21)12(7)20/h1-4H,5H2,(H,23,25). The maximum Gasteiger partial charge on any atom is 0.265 e. The molecular formula is C15H7Br2F4N3OS. The first-order valence-corrected chi connectivity index (χ1v) is 9.27. The fraction of sp³-hybridized carbons (Fsp3) is 0.0667. The molecule has 0 aliphatic rings. The Morgan fingerprint density at radius 3 is 2.54 bits per heavy atom. The Labute approximate surface area is 165 Å². The van der Waals surface area contributed by atoms with Crippen molar-refractivity contribution in [1.82, 2.24) is 9.78 Å². The highest BCUT2D eigenvalue weighted by molar-refractivity contribution is 9.13. The maximum atomic E-state index is 13.7. The van der Waals surface area contributed by atoms with Crippen LogP contribution >= 0.6 is 43.2 Å². The van der Waals surface area contributed by atoms with E-state index in [0.717, 1.165) is 12.9 Å². The summed E-state index contributed by atoms with van der Waals surface area (Å²) < 4.78 is 56.2. The average molecular weight is 513 g/mol. The van der Waals surface area contributed by atoms with Crippen LogP contribution in [-0.2, 0) is 6.54 Å². The molecule has 0 spiro atoms. The molecule has 0 saturated carbocycles. The Morgan fingerprint density at radius 2 is 1.88 bits per heavy atom. The lowest BCUT2D eigenvalue weighted by Crippen LogP contribution is -2.10. The van der Waals surface area contributed by atoms with E-state index in [4.69, 9.17) is 0 Å². The number of thiophene rings is 1. The summed E-state index contributed by atoms with van der Waals surface area (Å²) in [6.45, 7) is -0.471. The van der Waals surface area contributed by atoms with Crippen molar-refractivity contribution in [3.8, 4) is 0 Å². The zero-order chi connectivity index (χ0) is 19.0. The van der Waals surface area contributed by atoms with Crippen LogP contribution in [0.4, 0.5) is 23.2 Å². The van der Waals surface area contributed by atoms with Gasteiger partial charge < -0.3 is 5.32 Å². The minimum absolute atomic E-state index is 0.270. The Morgan fingerprint density at radius 1 is 1.15 bits per heavy atom. The van der Waals surface area contributed by atoms with E-state index in [-0.39, 0.29) is 11.8 Å². The lowest BCUT2D eigenvalue weighted by atomic mass is 10.2. The molecule has 26 heavy (non-hydrogen) atoms. The topological polar surface area (TPSA) is 46.9 Å². The highest BCUT2D eigenvalue weighted by Gasteiger charge is 2.20. The van der Waals surface area contributed by atoms with Crippen molar-refractivity contribution in [2.24, 2.45) is 0 Å². The molecule has 0 bridgehead atoms. The summed E-state index contributed by atoms with van der Waals surface area (Å²) in [5.74, 6) is -6.60. The van der Waals surface area contributed by atoms with Crippen LogP contribution in [0.3, 0.4) is 0 Å². The van der Waals surface area contributed by atoms with E-state index in [9.17, 15) is 22.4 Å². The highest BCUT2D eigenvalue weighted by Crippen LogP contribution is 2.32. The van der Waals surface area contributed by atoms with Crippen LogP contribution in [0, 0.1) is 23.3 Å². The van der Waals surface area contributed by atoms with Crippen LogP contribution in [0.1, 0.15) is 15.2 Å². The first-order chi connectivity index (χ1) is 12.3. The van der Waals surface area contributed by atoms with Crippen LogP contribution < -0.4 is 5.32 Å². The lowest BCUT2D eigenvalue weighted by molar-refractivity contribution is 0.103. The number of hydrogen-bond donors (Lipinski definition) is 1. The van der Waals surface area contributed by atoms with Crippen molar-refractivity contribution in [3.05, 3.63) is 66.5 Å². The number of aromatic nitrogens is 2. The van der Waals surface area contributed by atoms with Gasteiger partial charge in [0, 0.05) is 22.3 Å². The van der Waals surface area contributed by atoms with Crippen LogP contribution in [0.25, 0.3) is 0 Å². The minimum atomic E-state index is -1.75. The quantitative estimate of drug-likeness (QED) is 0.292. The summed E-state index contributed by atoms with van der Waals surface area (Å²) in [4.78, 5) is 12.6. The molecule has 0 aliphatic carbocycles. The van der Waals surface area contributed by atoms with Crippen LogP contribution in [-0.4, -0.2) is 15.7 Å². The van der Waals surface area contributed by atoms with Crippen molar-refractivity contribution >= 4 is 54.8 Å². The van der Waals surface area contributed by atoms with Gasteiger partial charge in [0.15, 0.2) is 17.5 Å². The SMILES string of the molecule is O=C(Nc1cnn(Cc2c(F)cc(F)c(F)c2F)c1)c1cc(Br)c(Br)s1. The summed E-state index contributed by atoms with van der Waals surface area (Å²) in [7, 11) is 0. The monoisotopic (exact) mass is 511 g/mol. The van der Waals surface area contributed by atoms with Crippen molar-refractivity contribution in [1.29, 1.82) is 0 Å². The third kappa shape index (κ3) is 3.84. The second-order valence-corrected chi connectivity index (χ2v) is 8.28. The number of rotatable bonds is 4. The van der Waals surface area contributed by atoms with Crippen molar-refractivity contribution in [2.45, 2.75) is 6.54 Å². The number of benzene rings is 1. The summed E-state index contributed by atoms with van der Waals surface area (Å²) in [5, 5.41) is 6.43. The molecule has 11 heteroatoms. The average Bonchev–Trinajstić information content (AvgIpc) is 3.16. The van der Waals surface area contributed by atoms with E-state index in [1.54, 1.807) is 6.07 Å². The van der Waals surface area contributed by atoms with Gasteiger partial charge in [0.1, 0.15) is 5.82 Å². The lowest BCUT2D eigenvalue weighted by Gasteiger charge is -2.06. The van der Waals surface area contributed by atoms with Gasteiger partial charge in [-0.1, -0.05) is 0 Å². The molecule has 1 N–H and O–H groups in total. The zero-order valence-corrected chi connectivity index (χ0v) is 16.5. The first kappa shape index (κ1) is 19.1. The smallest absolute Gasteiger partial charge is 0.265 e. The number of nitrogens with one attached hydrogen (secondary N) is 1. The van der Waals surface area contributed by atoms with E-state index in [2.05, 4.69) is 42.3 Å². The predicted octanol–water partition coefficient (Wildman–Crippen LogP) is 5.33. The van der Waals surface area contributed by atoms with Crippen molar-refractivity contribution in [2.75, 3.05) is 5.32 Å². The summed E-state index contributed by atoms with van der Waals surface area (Å²) in [5.41, 5.74) is -0.393. The van der Waals surface area contributed by atoms with Crippen LogP contribution in [0.15, 0.2) is 32.8 Å². The van der Waals surface area contributed by atoms with Gasteiger partial charge in [-0.2, -0.15) is 5.10 Å². The van der Waals surface area contributed by atoms with Gasteiger partial charge in [-0.3, -0.25) is 9.48 Å². The number of carbonyl (C=O) groups is 1. The molecule has 4 nitrogen and oxygen atoms in total. The third-order valence-electron chi connectivity index (χ3n) is 3.29. The fourth-order valence-corrected chi connectivity index (χ4v) is 4.01. The number of anilines is 1. The first-order valence-electron chi connectivity index (χ1n) is 6.86. The number of carbonyl (C=O) groups excluding carboxylic acids is 1. The van der Waals surface area contributed by atoms with E-state index in [1.165, 1.54) is 23.7 Å². The number of amides is 1. The minimum Gasteiger partial charge on any atom is -0.319 e. The van der Waals surface area contributed by atoms with E-state index < -0.39 is 41.3 Å². The molecule has 136 valence electrons. The van der Waals surface area contributed by atoms with Gasteiger partial charge in [-0.15, -0.1) is 11.3 Å². The van der Waals surface area contributed by atoms with Gasteiger partial charge in [0.25, 0.3) is 5.91 Å². The number of nitrogens with zero attached hydrogens (tertiary/aromatic N) is 2. The normalized spacial score (nSPS) is 11.0. The summed E-state index contributed by atoms with van der Waals surface area (Å²) in [6, 6.07) is 1.90. The van der Waals surface area contributed by atoms with Gasteiger partial charge >= 0.3 is 0 Å². The van der Waals surface area contributed by atoms with E-state index in [0.29, 0.717) is 4.88 Å². The Hall–Kier alpha value is -1.72. The molecule has 3 aromatic rings. The molecule has 0 unspecified atom stereocenters. The molecule has 2 aromatic heterocycles. The van der Waals surface area contributed by atoms with Crippen LogP contribution in [0.5, 0.6) is 0 Å². The molecule has 0 aliphatic heterocycles. The van der Waals surface area contributed by atoms with Crippen molar-refractivity contribution in [3.63, 3.8) is 0 Å². The maximum absolute atomic E-state index is 13.7. The van der Waals surface area contributed by atoms with E-state index in [1.807, 2.05) is 0 Å². The van der Waals surface area contributed by atoms with Gasteiger partial charge in [0.05, 0.1) is 27.1 Å². The molecular weight excluding hydrogens is 506 g/mol. The molecule has 1 aromatic carbocycles. The molecule has 0 fully saturated rings. The molecule has 1 amide bonds. The highest BCUT2D eigenvalue weighted by atomic mass is 79.9. The van der Waals surface area contributed by atoms with E-state index >= 15 is 0 Å². The molecule has 2 heterocycles. The second kappa shape index (κ2) is 7.49. The predicted molar refractivity (Wildman–Crippen MR) is 95.3 cm³/mol. The summed E-state index contributed by atoms with van der Waals surface area (Å²) >= 11 is 7.77. The third-order valence-corrected chi connectivity index (χ3v) is 6.54. The Kier molecular flexibility index (Phi) is 5.49. The molecule has 0 radical (unpaired) electrons. The van der Waals surface area contributed by atoms with Gasteiger partial charge in [-0.05, 0) is 37.9 Å². The summed E-state index contributed by atoms with van der Waals surface area (Å²) in [6.07, 6.45) is 2.58. The van der Waals surface area contributed by atoms with Gasteiger partial charge in [0.2, 0.25) is 0 Å². The number of hydrogen-bond acceptors (Lipinski definition) is 3. The largest absolute Gasteiger partial charge is 0.319 e. The van der Waals surface area contributed by atoms with Gasteiger partial charge in [-0.25, -0.2) is 17.6 Å². The fourth-order valence-electron chi connectivity index (χ4n) is 2.08. The molecule has 0 saturated heterocycles. The zero-order valence-electron chi connectivity index (χ0n) is 12.5. The Balaban J connectivity index is 1.77. The number of halogens is 6. The molecule has 0 atom stereocenters. The Bertz CT molecular complexity index is 986.